The van der Waals surface area contributed by atoms with Crippen LogP contribution in [0, 0.1) is 0 Å². The predicted molar refractivity (Wildman–Crippen MR) is 106 cm³/mol. The van der Waals surface area contributed by atoms with Crippen molar-refractivity contribution < 1.29 is 4.74 Å². The summed E-state index contributed by atoms with van der Waals surface area (Å²) in [5.74, 6) is 2.68. The van der Waals surface area contributed by atoms with Crippen LogP contribution in [0.1, 0.15) is 24.8 Å². The van der Waals surface area contributed by atoms with Crippen LogP contribution in [0.3, 0.4) is 0 Å². The monoisotopic (exact) mass is 368 g/mol. The summed E-state index contributed by atoms with van der Waals surface area (Å²) in [5, 5.41) is 8.98. The minimum Gasteiger partial charge on any atom is -0.481 e. The normalized spacial score (nSPS) is 18.6. The summed E-state index contributed by atoms with van der Waals surface area (Å²) >= 11 is 0. The van der Waals surface area contributed by atoms with Crippen molar-refractivity contribution >= 4 is 11.6 Å². The highest BCUT2D eigenvalue weighted by Gasteiger charge is 2.19. The molecule has 4 heterocycles. The molecule has 2 aromatic rings. The first-order valence-corrected chi connectivity index (χ1v) is 9.87. The molecule has 2 aromatic heterocycles. The number of piperazine rings is 1. The fourth-order valence-corrected chi connectivity index (χ4v) is 3.83. The fourth-order valence-electron chi connectivity index (χ4n) is 3.83. The second-order valence-electron chi connectivity index (χ2n) is 7.27. The van der Waals surface area contributed by atoms with E-state index in [0.717, 1.165) is 57.4 Å². The molecule has 4 rings (SSSR count). The van der Waals surface area contributed by atoms with Gasteiger partial charge in [-0.15, -0.1) is 10.2 Å². The zero-order chi connectivity index (χ0) is 18.5. The van der Waals surface area contributed by atoms with Crippen LogP contribution in [-0.2, 0) is 6.54 Å². The number of nitrogens with zero attached hydrogens (tertiary/aromatic N) is 6. The molecule has 144 valence electrons. The van der Waals surface area contributed by atoms with Crippen LogP contribution in [0.25, 0.3) is 0 Å². The Hall–Kier alpha value is -2.41. The van der Waals surface area contributed by atoms with Crippen LogP contribution in [-0.4, -0.2) is 66.5 Å². The van der Waals surface area contributed by atoms with E-state index in [-0.39, 0.29) is 0 Å². The van der Waals surface area contributed by atoms with Gasteiger partial charge in [0.05, 0.1) is 7.11 Å². The molecule has 27 heavy (non-hydrogen) atoms. The molecule has 2 aliphatic rings. The number of piperidine rings is 1. The quantitative estimate of drug-likeness (QED) is 0.802. The Kier molecular flexibility index (Phi) is 5.67. The van der Waals surface area contributed by atoms with Crippen LogP contribution >= 0.6 is 0 Å². The Bertz CT molecular complexity index is 724. The van der Waals surface area contributed by atoms with E-state index in [9.17, 15) is 0 Å². The summed E-state index contributed by atoms with van der Waals surface area (Å²) in [6, 6.07) is 8.32. The lowest BCUT2D eigenvalue weighted by Gasteiger charge is -2.35. The van der Waals surface area contributed by atoms with Gasteiger partial charge in [-0.25, -0.2) is 4.98 Å². The van der Waals surface area contributed by atoms with Crippen LogP contribution < -0.4 is 14.5 Å². The first-order chi connectivity index (χ1) is 13.3. The lowest BCUT2D eigenvalue weighted by atomic mass is 10.1. The van der Waals surface area contributed by atoms with Gasteiger partial charge in [0.15, 0.2) is 11.6 Å². The first-order valence-electron chi connectivity index (χ1n) is 9.87. The number of hydrogen-bond donors (Lipinski definition) is 0. The number of rotatable bonds is 5. The zero-order valence-electron chi connectivity index (χ0n) is 16.0. The Morgan fingerprint density at radius 2 is 1.52 bits per heavy atom. The molecule has 0 N–H and O–H groups in total. The van der Waals surface area contributed by atoms with Crippen LogP contribution in [0.15, 0.2) is 30.5 Å². The van der Waals surface area contributed by atoms with Gasteiger partial charge in [0.2, 0.25) is 5.88 Å². The lowest BCUT2D eigenvalue weighted by Crippen LogP contribution is -2.46. The zero-order valence-corrected chi connectivity index (χ0v) is 16.0. The van der Waals surface area contributed by atoms with Crippen LogP contribution in [0.5, 0.6) is 5.88 Å². The van der Waals surface area contributed by atoms with Crippen molar-refractivity contribution in [2.75, 3.05) is 56.2 Å². The highest BCUT2D eigenvalue weighted by Crippen LogP contribution is 2.20. The number of anilines is 2. The topological polar surface area (TPSA) is 57.6 Å². The summed E-state index contributed by atoms with van der Waals surface area (Å²) < 4.78 is 5.22. The number of methoxy groups -OCH3 is 1. The summed E-state index contributed by atoms with van der Waals surface area (Å²) in [6.07, 6.45) is 5.66. The number of aromatic nitrogens is 3. The van der Waals surface area contributed by atoms with Crippen molar-refractivity contribution in [1.29, 1.82) is 0 Å². The molecule has 0 atom stereocenters. The highest BCUT2D eigenvalue weighted by molar-refractivity contribution is 5.45. The molecule has 2 aliphatic heterocycles. The molecule has 0 amide bonds. The van der Waals surface area contributed by atoms with Crippen molar-refractivity contribution in [2.24, 2.45) is 0 Å². The van der Waals surface area contributed by atoms with Gasteiger partial charge >= 0.3 is 0 Å². The summed E-state index contributed by atoms with van der Waals surface area (Å²) in [6.45, 7) is 7.10. The molecule has 0 aromatic carbocycles. The molecule has 0 spiro atoms. The summed E-state index contributed by atoms with van der Waals surface area (Å²) in [7, 11) is 1.66. The molecule has 0 aliphatic carbocycles. The third kappa shape index (κ3) is 4.47. The highest BCUT2D eigenvalue weighted by atomic mass is 16.5. The molecule has 0 radical (unpaired) electrons. The van der Waals surface area contributed by atoms with E-state index in [1.807, 2.05) is 12.3 Å². The average Bonchev–Trinajstić information content (AvgIpc) is 2.75. The Balaban J connectivity index is 1.30. The van der Waals surface area contributed by atoms with Gasteiger partial charge in [0.25, 0.3) is 0 Å². The van der Waals surface area contributed by atoms with Crippen molar-refractivity contribution in [3.8, 4) is 5.88 Å². The second kappa shape index (κ2) is 8.52. The standard InChI is InChI=1S/C20H28N6O/c1-27-20-15-17(7-8-21-20)16-24-11-13-26(14-12-24)19-6-5-18(22-23-19)25-9-3-2-4-10-25/h5-8,15H,2-4,9-14,16H2,1H3. The maximum Gasteiger partial charge on any atom is 0.213 e. The van der Waals surface area contributed by atoms with Gasteiger partial charge < -0.3 is 14.5 Å². The molecular formula is C20H28N6O. The Morgan fingerprint density at radius 1 is 0.852 bits per heavy atom. The Morgan fingerprint density at radius 3 is 2.15 bits per heavy atom. The van der Waals surface area contributed by atoms with E-state index in [1.165, 1.54) is 24.8 Å². The number of pyridine rings is 1. The van der Waals surface area contributed by atoms with Crippen molar-refractivity contribution in [1.82, 2.24) is 20.1 Å². The molecular weight excluding hydrogens is 340 g/mol. The fraction of sp³-hybridized carbons (Fsp3) is 0.550. The van der Waals surface area contributed by atoms with Gasteiger partial charge in [-0.1, -0.05) is 0 Å². The first kappa shape index (κ1) is 18.0. The second-order valence-corrected chi connectivity index (χ2v) is 7.27. The van der Waals surface area contributed by atoms with Crippen LogP contribution in [0.4, 0.5) is 11.6 Å². The van der Waals surface area contributed by atoms with Gasteiger partial charge in [-0.2, -0.15) is 0 Å². The van der Waals surface area contributed by atoms with E-state index in [1.54, 1.807) is 7.11 Å². The smallest absolute Gasteiger partial charge is 0.213 e. The number of ether oxygens (including phenoxy) is 1. The summed E-state index contributed by atoms with van der Waals surface area (Å²) in [5.41, 5.74) is 1.24. The Labute approximate surface area is 161 Å². The van der Waals surface area contributed by atoms with E-state index < -0.39 is 0 Å². The molecule has 0 unspecified atom stereocenters. The molecule has 2 saturated heterocycles. The van der Waals surface area contributed by atoms with Crippen LogP contribution in [0.2, 0.25) is 0 Å². The lowest BCUT2D eigenvalue weighted by molar-refractivity contribution is 0.248. The average molecular weight is 368 g/mol. The molecule has 0 bridgehead atoms. The molecule has 7 nitrogen and oxygen atoms in total. The molecule has 0 saturated carbocycles. The minimum atomic E-state index is 0.676. The third-order valence-electron chi connectivity index (χ3n) is 5.43. The minimum absolute atomic E-state index is 0.676. The maximum atomic E-state index is 5.22. The van der Waals surface area contributed by atoms with Crippen molar-refractivity contribution in [3.63, 3.8) is 0 Å². The van der Waals surface area contributed by atoms with E-state index in [0.29, 0.717) is 5.88 Å². The molecule has 7 heteroatoms. The van der Waals surface area contributed by atoms with E-state index >= 15 is 0 Å². The van der Waals surface area contributed by atoms with Gasteiger partial charge in [0.1, 0.15) is 0 Å². The third-order valence-corrected chi connectivity index (χ3v) is 5.43. The van der Waals surface area contributed by atoms with Gasteiger partial charge in [0, 0.05) is 58.1 Å². The maximum absolute atomic E-state index is 5.22. The largest absolute Gasteiger partial charge is 0.481 e. The van der Waals surface area contributed by atoms with E-state index in [4.69, 9.17) is 4.74 Å². The predicted octanol–water partition coefficient (Wildman–Crippen LogP) is 2.19. The van der Waals surface area contributed by atoms with Gasteiger partial charge in [-0.3, -0.25) is 4.90 Å². The number of hydrogen-bond acceptors (Lipinski definition) is 7. The SMILES string of the molecule is COc1cc(CN2CCN(c3ccc(N4CCCCC4)nn3)CC2)ccn1. The van der Waals surface area contributed by atoms with E-state index in [2.05, 4.69) is 48.1 Å². The summed E-state index contributed by atoms with van der Waals surface area (Å²) in [4.78, 5) is 11.3. The van der Waals surface area contributed by atoms with Gasteiger partial charge in [-0.05, 0) is 43.0 Å². The molecule has 2 fully saturated rings. The van der Waals surface area contributed by atoms with Crippen molar-refractivity contribution in [3.05, 3.63) is 36.0 Å². The van der Waals surface area contributed by atoms with Crippen molar-refractivity contribution in [2.45, 2.75) is 25.8 Å².